The maximum absolute atomic E-state index is 12.6. The van der Waals surface area contributed by atoms with Gasteiger partial charge >= 0.3 is 5.63 Å². The van der Waals surface area contributed by atoms with Crippen molar-refractivity contribution in [2.45, 2.75) is 13.8 Å². The summed E-state index contributed by atoms with van der Waals surface area (Å²) in [5, 5.41) is 9.71. The molecular formula is C23H21N5O3. The summed E-state index contributed by atoms with van der Waals surface area (Å²) < 4.78 is 5.23. The smallest absolute Gasteiger partial charge is 0.349 e. The molecule has 31 heavy (non-hydrogen) atoms. The molecule has 0 spiro atoms. The van der Waals surface area contributed by atoms with Gasteiger partial charge in [0.05, 0.1) is 0 Å². The van der Waals surface area contributed by atoms with E-state index in [2.05, 4.69) is 25.9 Å². The number of carbonyl (C=O) groups is 1. The largest absolute Gasteiger partial charge is 0.422 e. The second-order valence-electron chi connectivity index (χ2n) is 6.89. The number of benzene rings is 2. The van der Waals surface area contributed by atoms with Crippen LogP contribution < -0.4 is 21.6 Å². The monoisotopic (exact) mass is 415 g/mol. The number of rotatable bonds is 6. The van der Waals surface area contributed by atoms with Crippen LogP contribution in [0.3, 0.4) is 0 Å². The van der Waals surface area contributed by atoms with Gasteiger partial charge in [-0.05, 0) is 50.2 Å². The van der Waals surface area contributed by atoms with Gasteiger partial charge in [-0.1, -0.05) is 18.2 Å². The Morgan fingerprint density at radius 3 is 2.52 bits per heavy atom. The molecule has 2 heterocycles. The molecule has 0 saturated carbocycles. The number of nitrogens with one attached hydrogen (secondary N) is 3. The van der Waals surface area contributed by atoms with Gasteiger partial charge in [-0.3, -0.25) is 4.79 Å². The highest BCUT2D eigenvalue weighted by Gasteiger charge is 2.14. The second kappa shape index (κ2) is 8.66. The van der Waals surface area contributed by atoms with Gasteiger partial charge in [-0.15, -0.1) is 0 Å². The van der Waals surface area contributed by atoms with E-state index in [4.69, 9.17) is 4.42 Å². The zero-order chi connectivity index (χ0) is 21.8. The summed E-state index contributed by atoms with van der Waals surface area (Å²) in [7, 11) is 0. The minimum Gasteiger partial charge on any atom is -0.422 e. The minimum atomic E-state index is -0.678. The molecular weight excluding hydrogens is 394 g/mol. The lowest BCUT2D eigenvalue weighted by molar-refractivity contribution is 0.102. The van der Waals surface area contributed by atoms with Crippen LogP contribution >= 0.6 is 0 Å². The van der Waals surface area contributed by atoms with Gasteiger partial charge in [0.25, 0.3) is 5.91 Å². The van der Waals surface area contributed by atoms with Gasteiger partial charge in [0.2, 0.25) is 5.95 Å². The normalized spacial score (nSPS) is 10.6. The Labute approximate surface area is 178 Å². The van der Waals surface area contributed by atoms with Crippen molar-refractivity contribution >= 4 is 40.0 Å². The van der Waals surface area contributed by atoms with Gasteiger partial charge in [-0.2, -0.15) is 4.98 Å². The number of carbonyl (C=O) groups excluding carboxylic acids is 1. The second-order valence-corrected chi connectivity index (χ2v) is 6.89. The van der Waals surface area contributed by atoms with Crippen LogP contribution in [0.1, 0.15) is 23.0 Å². The van der Waals surface area contributed by atoms with E-state index in [0.29, 0.717) is 22.6 Å². The lowest BCUT2D eigenvalue weighted by Crippen LogP contribution is -2.20. The fraction of sp³-hybridized carbons (Fsp3) is 0.130. The SMILES string of the molecule is CCNc1cc(C)nc(Nc2ccc(NC(=O)c3cc4ccccc4oc3=O)cc2)n1. The predicted molar refractivity (Wildman–Crippen MR) is 121 cm³/mol. The number of amides is 1. The highest BCUT2D eigenvalue weighted by atomic mass is 16.4. The van der Waals surface area contributed by atoms with Gasteiger partial charge in [0, 0.05) is 35.1 Å². The van der Waals surface area contributed by atoms with Crippen molar-refractivity contribution in [3.63, 3.8) is 0 Å². The lowest BCUT2D eigenvalue weighted by atomic mass is 10.1. The number of aromatic nitrogens is 2. The Morgan fingerprint density at radius 2 is 1.74 bits per heavy atom. The quantitative estimate of drug-likeness (QED) is 0.402. The van der Waals surface area contributed by atoms with Crippen molar-refractivity contribution in [3.05, 3.63) is 82.3 Å². The number of fused-ring (bicyclic) bond motifs is 1. The summed E-state index contributed by atoms with van der Waals surface area (Å²) in [6.45, 7) is 4.66. The summed E-state index contributed by atoms with van der Waals surface area (Å²) in [6, 6.07) is 17.5. The van der Waals surface area contributed by atoms with Crippen molar-refractivity contribution in [1.29, 1.82) is 0 Å². The average Bonchev–Trinajstić information content (AvgIpc) is 2.74. The maximum atomic E-state index is 12.6. The van der Waals surface area contributed by atoms with Crippen LogP contribution in [0.4, 0.5) is 23.1 Å². The van der Waals surface area contributed by atoms with E-state index in [-0.39, 0.29) is 5.56 Å². The molecule has 1 amide bonds. The van der Waals surface area contributed by atoms with Crippen molar-refractivity contribution in [2.75, 3.05) is 22.5 Å². The number of para-hydroxylation sites is 1. The first-order valence-corrected chi connectivity index (χ1v) is 9.83. The number of nitrogens with zero attached hydrogens (tertiary/aromatic N) is 2. The molecule has 4 rings (SSSR count). The summed E-state index contributed by atoms with van der Waals surface area (Å²) in [6.07, 6.45) is 0. The predicted octanol–water partition coefficient (Wildman–Crippen LogP) is 4.32. The maximum Gasteiger partial charge on any atom is 0.349 e. The van der Waals surface area contributed by atoms with E-state index in [9.17, 15) is 9.59 Å². The first-order chi connectivity index (χ1) is 15.0. The zero-order valence-corrected chi connectivity index (χ0v) is 17.1. The summed E-state index contributed by atoms with van der Waals surface area (Å²) in [4.78, 5) is 33.5. The fourth-order valence-electron chi connectivity index (χ4n) is 3.08. The molecule has 0 bridgehead atoms. The molecule has 0 saturated heterocycles. The number of hydrogen-bond acceptors (Lipinski definition) is 7. The van der Waals surface area contributed by atoms with Crippen LogP contribution in [0.2, 0.25) is 0 Å². The molecule has 0 radical (unpaired) electrons. The third-order valence-corrected chi connectivity index (χ3v) is 4.50. The van der Waals surface area contributed by atoms with Crippen molar-refractivity contribution < 1.29 is 9.21 Å². The summed E-state index contributed by atoms with van der Waals surface area (Å²) >= 11 is 0. The zero-order valence-electron chi connectivity index (χ0n) is 17.1. The molecule has 4 aromatic rings. The molecule has 2 aromatic carbocycles. The molecule has 156 valence electrons. The molecule has 0 aliphatic carbocycles. The van der Waals surface area contributed by atoms with Crippen LogP contribution in [-0.4, -0.2) is 22.4 Å². The topological polar surface area (TPSA) is 109 Å². The first-order valence-electron chi connectivity index (χ1n) is 9.83. The van der Waals surface area contributed by atoms with E-state index < -0.39 is 11.5 Å². The van der Waals surface area contributed by atoms with Crippen LogP contribution in [0.15, 0.2) is 69.9 Å². The van der Waals surface area contributed by atoms with E-state index in [1.807, 2.05) is 26.0 Å². The molecule has 2 aromatic heterocycles. The third kappa shape index (κ3) is 4.69. The Balaban J connectivity index is 1.48. The van der Waals surface area contributed by atoms with Gasteiger partial charge in [0.1, 0.15) is 17.0 Å². The molecule has 0 fully saturated rings. The summed E-state index contributed by atoms with van der Waals surface area (Å²) in [5.41, 5.74) is 1.85. The number of hydrogen-bond donors (Lipinski definition) is 3. The minimum absolute atomic E-state index is 0.0509. The molecule has 0 unspecified atom stereocenters. The first kappa shape index (κ1) is 20.1. The summed E-state index contributed by atoms with van der Waals surface area (Å²) in [5.74, 6) is 0.689. The van der Waals surface area contributed by atoms with Gasteiger partial charge in [0.15, 0.2) is 0 Å². The van der Waals surface area contributed by atoms with E-state index in [0.717, 1.165) is 23.7 Å². The Bertz CT molecular complexity index is 1300. The highest BCUT2D eigenvalue weighted by molar-refractivity contribution is 6.05. The van der Waals surface area contributed by atoms with Crippen LogP contribution in [0, 0.1) is 6.92 Å². The van der Waals surface area contributed by atoms with Crippen LogP contribution in [0.25, 0.3) is 11.0 Å². The highest BCUT2D eigenvalue weighted by Crippen LogP contribution is 2.19. The molecule has 8 heteroatoms. The van der Waals surface area contributed by atoms with Crippen molar-refractivity contribution in [3.8, 4) is 0 Å². The fourth-order valence-corrected chi connectivity index (χ4v) is 3.08. The van der Waals surface area contributed by atoms with Crippen molar-refractivity contribution in [1.82, 2.24) is 9.97 Å². The third-order valence-electron chi connectivity index (χ3n) is 4.50. The molecule has 0 aliphatic heterocycles. The number of aryl methyl sites for hydroxylation is 1. The van der Waals surface area contributed by atoms with Crippen LogP contribution in [-0.2, 0) is 0 Å². The number of anilines is 4. The van der Waals surface area contributed by atoms with E-state index in [1.165, 1.54) is 6.07 Å². The van der Waals surface area contributed by atoms with Gasteiger partial charge < -0.3 is 20.4 Å². The van der Waals surface area contributed by atoms with Crippen LogP contribution in [0.5, 0.6) is 0 Å². The Kier molecular flexibility index (Phi) is 5.61. The average molecular weight is 415 g/mol. The Morgan fingerprint density at radius 1 is 1.00 bits per heavy atom. The standard InChI is InChI=1S/C23H21N5O3/c1-3-24-20-12-14(2)25-23(28-20)27-17-10-8-16(9-11-17)26-21(29)18-13-15-6-4-5-7-19(15)31-22(18)30/h4-13H,3H2,1-2H3,(H,26,29)(H2,24,25,27,28). The van der Waals surface area contributed by atoms with Gasteiger partial charge in [-0.25, -0.2) is 9.78 Å². The molecule has 0 aliphatic rings. The van der Waals surface area contributed by atoms with E-state index in [1.54, 1.807) is 42.5 Å². The molecule has 8 nitrogen and oxygen atoms in total. The van der Waals surface area contributed by atoms with E-state index >= 15 is 0 Å². The lowest BCUT2D eigenvalue weighted by Gasteiger charge is -2.10. The Hall–Kier alpha value is -4.20. The molecule has 3 N–H and O–H groups in total. The molecule has 0 atom stereocenters. The van der Waals surface area contributed by atoms with Crippen molar-refractivity contribution in [2.24, 2.45) is 0 Å².